The molecule has 0 heterocycles. The van der Waals surface area contributed by atoms with Gasteiger partial charge >= 0.3 is 0 Å². The summed E-state index contributed by atoms with van der Waals surface area (Å²) in [6.45, 7) is 1.89. The minimum Gasteiger partial charge on any atom is -0.545 e. The van der Waals surface area contributed by atoms with Gasteiger partial charge in [-0.2, -0.15) is 0 Å². The van der Waals surface area contributed by atoms with Gasteiger partial charge in [0.15, 0.2) is 0 Å². The van der Waals surface area contributed by atoms with Gasteiger partial charge in [-0.3, -0.25) is 14.9 Å². The second-order valence-electron chi connectivity index (χ2n) is 4.59. The quantitative estimate of drug-likeness (QED) is 0.679. The Bertz CT molecular complexity index is 753. The molecular weight excluding hydrogens is 288 g/mol. The summed E-state index contributed by atoms with van der Waals surface area (Å²) in [6.07, 6.45) is 0. The average molecular weight is 299 g/mol. The zero-order valence-electron chi connectivity index (χ0n) is 11.5. The van der Waals surface area contributed by atoms with Gasteiger partial charge in [-0.25, -0.2) is 0 Å². The highest BCUT2D eigenvalue weighted by molar-refractivity contribution is 6.10. The fourth-order valence-electron chi connectivity index (χ4n) is 1.85. The molecule has 2 rings (SSSR count). The van der Waals surface area contributed by atoms with Crippen molar-refractivity contribution >= 4 is 23.3 Å². The van der Waals surface area contributed by atoms with Gasteiger partial charge in [-0.1, -0.05) is 17.7 Å². The maximum atomic E-state index is 12.1. The van der Waals surface area contributed by atoms with E-state index in [9.17, 15) is 24.8 Å². The number of carbonyl (C=O) groups excluding carboxylic acids is 2. The number of rotatable bonds is 4. The second kappa shape index (κ2) is 6.04. The van der Waals surface area contributed by atoms with Crippen molar-refractivity contribution in [2.24, 2.45) is 0 Å². The number of nitro groups is 1. The first-order valence-corrected chi connectivity index (χ1v) is 6.26. The molecule has 0 atom stereocenters. The van der Waals surface area contributed by atoms with Crippen molar-refractivity contribution < 1.29 is 19.6 Å². The van der Waals surface area contributed by atoms with Crippen molar-refractivity contribution in [3.05, 3.63) is 69.3 Å². The maximum Gasteiger partial charge on any atom is 0.270 e. The predicted octanol–water partition coefficient (Wildman–Crippen LogP) is 1.52. The number of non-ortho nitro benzene ring substituents is 1. The van der Waals surface area contributed by atoms with Crippen LogP contribution in [0.1, 0.15) is 26.3 Å². The number of hydrogen-bond acceptors (Lipinski definition) is 5. The first-order chi connectivity index (χ1) is 10.4. The van der Waals surface area contributed by atoms with Gasteiger partial charge in [0, 0.05) is 28.9 Å². The fourth-order valence-corrected chi connectivity index (χ4v) is 1.85. The fraction of sp³-hybridized carbons (Fsp3) is 0.0667. The first-order valence-electron chi connectivity index (χ1n) is 6.26. The molecule has 0 spiro atoms. The topological polar surface area (TPSA) is 112 Å². The summed E-state index contributed by atoms with van der Waals surface area (Å²) in [6, 6.07) is 9.85. The molecule has 1 N–H and O–H groups in total. The lowest BCUT2D eigenvalue weighted by atomic mass is 10.1. The van der Waals surface area contributed by atoms with Crippen LogP contribution < -0.4 is 10.4 Å². The molecule has 0 bridgehead atoms. The van der Waals surface area contributed by atoms with Gasteiger partial charge in [-0.15, -0.1) is 0 Å². The van der Waals surface area contributed by atoms with Crippen molar-refractivity contribution in [1.82, 2.24) is 0 Å². The third kappa shape index (κ3) is 3.26. The van der Waals surface area contributed by atoms with Gasteiger partial charge in [0.2, 0.25) is 0 Å². The van der Waals surface area contributed by atoms with Gasteiger partial charge in [0.25, 0.3) is 11.6 Å². The SMILES string of the molecule is Cc1ccc(NC(=O)c2ccc([N+](=O)[O-])cc2C(=O)[O-])cc1. The summed E-state index contributed by atoms with van der Waals surface area (Å²) < 4.78 is 0. The summed E-state index contributed by atoms with van der Waals surface area (Å²) in [5, 5.41) is 24.3. The highest BCUT2D eigenvalue weighted by Gasteiger charge is 2.17. The molecule has 0 unspecified atom stereocenters. The van der Waals surface area contributed by atoms with Gasteiger partial charge in [0.1, 0.15) is 0 Å². The molecule has 112 valence electrons. The molecule has 2 aromatic carbocycles. The van der Waals surface area contributed by atoms with Crippen LogP contribution in [0, 0.1) is 17.0 Å². The highest BCUT2D eigenvalue weighted by atomic mass is 16.6. The Morgan fingerprint density at radius 2 is 1.68 bits per heavy atom. The lowest BCUT2D eigenvalue weighted by molar-refractivity contribution is -0.385. The standard InChI is InChI=1S/C15H12N2O5/c1-9-2-4-10(5-3-9)16-14(18)12-7-6-11(17(21)22)8-13(12)15(19)20/h2-8H,1H3,(H,16,18)(H,19,20)/p-1. The van der Waals surface area contributed by atoms with Crippen LogP contribution in [-0.4, -0.2) is 16.8 Å². The summed E-state index contributed by atoms with van der Waals surface area (Å²) in [4.78, 5) is 33.1. The molecule has 0 aliphatic heterocycles. The maximum absolute atomic E-state index is 12.1. The number of carbonyl (C=O) groups is 2. The number of anilines is 1. The smallest absolute Gasteiger partial charge is 0.270 e. The van der Waals surface area contributed by atoms with Gasteiger partial charge < -0.3 is 15.2 Å². The molecule has 7 nitrogen and oxygen atoms in total. The number of nitro benzene ring substituents is 1. The molecule has 0 saturated heterocycles. The minimum absolute atomic E-state index is 0.203. The molecular formula is C15H11N2O5-. The summed E-state index contributed by atoms with van der Waals surface area (Å²) in [5.74, 6) is -2.34. The zero-order chi connectivity index (χ0) is 16.3. The lowest BCUT2D eigenvalue weighted by Gasteiger charge is -2.11. The Kier molecular flexibility index (Phi) is 4.17. The molecule has 2 aromatic rings. The molecule has 0 fully saturated rings. The van der Waals surface area contributed by atoms with E-state index in [2.05, 4.69) is 5.32 Å². The number of carboxylic acids is 1. The largest absolute Gasteiger partial charge is 0.545 e. The van der Waals surface area contributed by atoms with Gasteiger partial charge in [0.05, 0.1) is 10.9 Å². The number of nitrogens with zero attached hydrogens (tertiary/aromatic N) is 1. The number of amides is 1. The van der Waals surface area contributed by atoms with Crippen LogP contribution in [-0.2, 0) is 0 Å². The van der Waals surface area contributed by atoms with Crippen molar-refractivity contribution in [1.29, 1.82) is 0 Å². The third-order valence-electron chi connectivity index (χ3n) is 2.99. The van der Waals surface area contributed by atoms with Crippen molar-refractivity contribution in [3.63, 3.8) is 0 Å². The predicted molar refractivity (Wildman–Crippen MR) is 76.6 cm³/mol. The Labute approximate surface area is 125 Å². The van der Waals surface area contributed by atoms with Crippen LogP contribution in [0.4, 0.5) is 11.4 Å². The third-order valence-corrected chi connectivity index (χ3v) is 2.99. The van der Waals surface area contributed by atoms with E-state index in [1.54, 1.807) is 24.3 Å². The first kappa shape index (κ1) is 15.2. The zero-order valence-corrected chi connectivity index (χ0v) is 11.5. The monoisotopic (exact) mass is 299 g/mol. The Morgan fingerprint density at radius 1 is 1.05 bits per heavy atom. The second-order valence-corrected chi connectivity index (χ2v) is 4.59. The Hall–Kier alpha value is -3.22. The molecule has 0 aliphatic carbocycles. The van der Waals surface area contributed by atoms with E-state index in [0.29, 0.717) is 5.69 Å². The summed E-state index contributed by atoms with van der Waals surface area (Å²) in [7, 11) is 0. The van der Waals surface area contributed by atoms with Crippen LogP contribution in [0.3, 0.4) is 0 Å². The van der Waals surface area contributed by atoms with E-state index >= 15 is 0 Å². The lowest BCUT2D eigenvalue weighted by Crippen LogP contribution is -2.26. The van der Waals surface area contributed by atoms with E-state index in [1.807, 2.05) is 6.92 Å². The molecule has 0 saturated carbocycles. The van der Waals surface area contributed by atoms with Crippen LogP contribution in [0.25, 0.3) is 0 Å². The van der Waals surface area contributed by atoms with Crippen LogP contribution in [0.15, 0.2) is 42.5 Å². The van der Waals surface area contributed by atoms with Gasteiger partial charge in [-0.05, 0) is 25.1 Å². The van der Waals surface area contributed by atoms with Crippen molar-refractivity contribution in [3.8, 4) is 0 Å². The molecule has 0 aliphatic rings. The minimum atomic E-state index is -1.65. The summed E-state index contributed by atoms with van der Waals surface area (Å²) >= 11 is 0. The molecule has 0 radical (unpaired) electrons. The van der Waals surface area contributed by atoms with Crippen LogP contribution in [0.2, 0.25) is 0 Å². The normalized spacial score (nSPS) is 10.0. The number of hydrogen-bond donors (Lipinski definition) is 1. The van der Waals surface area contributed by atoms with Crippen molar-refractivity contribution in [2.75, 3.05) is 5.32 Å². The number of aryl methyl sites for hydroxylation is 1. The average Bonchev–Trinajstić information content (AvgIpc) is 2.48. The number of nitrogens with one attached hydrogen (secondary N) is 1. The Balaban J connectivity index is 2.34. The summed E-state index contributed by atoms with van der Waals surface area (Å²) in [5.41, 5.74) is 0.332. The highest BCUT2D eigenvalue weighted by Crippen LogP contribution is 2.19. The van der Waals surface area contributed by atoms with Crippen LogP contribution >= 0.6 is 0 Å². The van der Waals surface area contributed by atoms with E-state index in [4.69, 9.17) is 0 Å². The number of carboxylic acid groups (broad SMARTS) is 1. The van der Waals surface area contributed by atoms with Crippen molar-refractivity contribution in [2.45, 2.75) is 6.92 Å². The van der Waals surface area contributed by atoms with E-state index in [0.717, 1.165) is 23.8 Å². The van der Waals surface area contributed by atoms with Crippen LogP contribution in [0.5, 0.6) is 0 Å². The van der Waals surface area contributed by atoms with E-state index in [1.165, 1.54) is 0 Å². The molecule has 1 amide bonds. The Morgan fingerprint density at radius 3 is 2.23 bits per heavy atom. The van der Waals surface area contributed by atoms with E-state index < -0.39 is 28.1 Å². The molecule has 22 heavy (non-hydrogen) atoms. The molecule has 7 heteroatoms. The molecule has 0 aromatic heterocycles. The number of benzene rings is 2. The number of aromatic carboxylic acids is 1. The van der Waals surface area contributed by atoms with E-state index in [-0.39, 0.29) is 5.56 Å².